The predicted molar refractivity (Wildman–Crippen MR) is 89.5 cm³/mol. The first-order valence-corrected chi connectivity index (χ1v) is 7.96. The average Bonchev–Trinajstić information content (AvgIpc) is 2.53. The molecule has 0 saturated carbocycles. The summed E-state index contributed by atoms with van der Waals surface area (Å²) in [6.07, 6.45) is 6.41. The van der Waals surface area contributed by atoms with Gasteiger partial charge in [-0.2, -0.15) is 0 Å². The van der Waals surface area contributed by atoms with Crippen molar-refractivity contribution in [3.8, 4) is 0 Å². The first kappa shape index (κ1) is 15.7. The number of benzene rings is 1. The molecule has 0 saturated heterocycles. The smallest absolute Gasteiger partial charge is 0.0419 e. The van der Waals surface area contributed by atoms with Gasteiger partial charge in [0, 0.05) is 24.4 Å². The Bertz CT molecular complexity index is 505. The zero-order valence-electron chi connectivity index (χ0n) is 13.2. The van der Waals surface area contributed by atoms with E-state index in [1.165, 1.54) is 23.2 Å². The van der Waals surface area contributed by atoms with Gasteiger partial charge in [-0.15, -0.1) is 0 Å². The molecule has 1 heterocycles. The van der Waals surface area contributed by atoms with Crippen molar-refractivity contribution in [2.45, 2.75) is 45.6 Å². The molecule has 0 bridgehead atoms. The number of rotatable bonds is 8. The Morgan fingerprint density at radius 2 is 1.90 bits per heavy atom. The normalized spacial score (nSPS) is 12.3. The predicted octanol–water partition coefficient (Wildman–Crippen LogP) is 3.93. The highest BCUT2D eigenvalue weighted by molar-refractivity contribution is 5.16. The molecule has 1 unspecified atom stereocenters. The molecule has 1 N–H and O–H groups in total. The average molecular weight is 282 g/mol. The van der Waals surface area contributed by atoms with Crippen LogP contribution in [0.25, 0.3) is 0 Å². The van der Waals surface area contributed by atoms with Gasteiger partial charge in [-0.3, -0.25) is 4.98 Å². The van der Waals surface area contributed by atoms with E-state index in [0.717, 1.165) is 25.8 Å². The van der Waals surface area contributed by atoms with Gasteiger partial charge in [0.25, 0.3) is 0 Å². The first-order valence-electron chi connectivity index (χ1n) is 7.96. The highest BCUT2D eigenvalue weighted by Gasteiger charge is 2.10. The maximum Gasteiger partial charge on any atom is 0.0419 e. The molecule has 0 spiro atoms. The number of aryl methyl sites for hydroxylation is 2. The minimum absolute atomic E-state index is 0.500. The molecule has 2 aromatic rings. The summed E-state index contributed by atoms with van der Waals surface area (Å²) in [6, 6.07) is 15.5. The molecule has 1 aromatic heterocycles. The Balaban J connectivity index is 1.92. The van der Waals surface area contributed by atoms with Crippen LogP contribution in [0.4, 0.5) is 0 Å². The van der Waals surface area contributed by atoms with E-state index in [1.807, 2.05) is 6.20 Å². The summed E-state index contributed by atoms with van der Waals surface area (Å²) in [5.41, 5.74) is 3.82. The Morgan fingerprint density at radius 1 is 1.10 bits per heavy atom. The van der Waals surface area contributed by atoms with Crippen LogP contribution in [0.15, 0.2) is 48.7 Å². The molecular formula is C19H26N2. The summed E-state index contributed by atoms with van der Waals surface area (Å²) in [7, 11) is 0. The minimum atomic E-state index is 0.500. The molecule has 1 aromatic carbocycles. The SMILES string of the molecule is CCCNC(CCc1ccccc1)Cc1ccc(C)cn1. The van der Waals surface area contributed by atoms with E-state index in [1.54, 1.807) is 0 Å². The maximum atomic E-state index is 4.54. The zero-order chi connectivity index (χ0) is 14.9. The van der Waals surface area contributed by atoms with Gasteiger partial charge < -0.3 is 5.32 Å². The van der Waals surface area contributed by atoms with Crippen LogP contribution in [0.5, 0.6) is 0 Å². The summed E-state index contributed by atoms with van der Waals surface area (Å²) >= 11 is 0. The Labute approximate surface area is 128 Å². The lowest BCUT2D eigenvalue weighted by molar-refractivity contribution is 0.474. The fourth-order valence-corrected chi connectivity index (χ4v) is 2.48. The van der Waals surface area contributed by atoms with Crippen molar-refractivity contribution >= 4 is 0 Å². The van der Waals surface area contributed by atoms with Crippen LogP contribution in [0.2, 0.25) is 0 Å². The number of hydrogen-bond acceptors (Lipinski definition) is 2. The molecule has 0 amide bonds. The van der Waals surface area contributed by atoms with E-state index in [4.69, 9.17) is 0 Å². The maximum absolute atomic E-state index is 4.54. The number of nitrogens with one attached hydrogen (secondary N) is 1. The van der Waals surface area contributed by atoms with E-state index >= 15 is 0 Å². The molecule has 1 atom stereocenters. The highest BCUT2D eigenvalue weighted by atomic mass is 14.9. The molecule has 2 rings (SSSR count). The van der Waals surface area contributed by atoms with Crippen LogP contribution in [-0.2, 0) is 12.8 Å². The lowest BCUT2D eigenvalue weighted by Gasteiger charge is -2.18. The zero-order valence-corrected chi connectivity index (χ0v) is 13.2. The van der Waals surface area contributed by atoms with Gasteiger partial charge in [-0.1, -0.05) is 43.3 Å². The van der Waals surface area contributed by atoms with Crippen LogP contribution < -0.4 is 5.32 Å². The molecular weight excluding hydrogens is 256 g/mol. The number of aromatic nitrogens is 1. The van der Waals surface area contributed by atoms with Crippen LogP contribution in [-0.4, -0.2) is 17.6 Å². The van der Waals surface area contributed by atoms with Crippen molar-refractivity contribution < 1.29 is 0 Å². The van der Waals surface area contributed by atoms with Crippen molar-refractivity contribution in [1.29, 1.82) is 0 Å². The van der Waals surface area contributed by atoms with Crippen LogP contribution in [0.3, 0.4) is 0 Å². The third-order valence-corrected chi connectivity index (χ3v) is 3.74. The standard InChI is InChI=1S/C19H26N2/c1-3-13-20-18(12-10-17-7-5-4-6-8-17)14-19-11-9-16(2)15-21-19/h4-9,11,15,18,20H,3,10,12-14H2,1-2H3. The summed E-state index contributed by atoms with van der Waals surface area (Å²) in [5.74, 6) is 0. The lowest BCUT2D eigenvalue weighted by atomic mass is 10.0. The van der Waals surface area contributed by atoms with Gasteiger partial charge in [0.15, 0.2) is 0 Å². The topological polar surface area (TPSA) is 24.9 Å². The summed E-state index contributed by atoms with van der Waals surface area (Å²) in [6.45, 7) is 5.37. The molecule has 112 valence electrons. The van der Waals surface area contributed by atoms with Crippen molar-refractivity contribution in [2.24, 2.45) is 0 Å². The molecule has 0 fully saturated rings. The third-order valence-electron chi connectivity index (χ3n) is 3.74. The summed E-state index contributed by atoms with van der Waals surface area (Å²) < 4.78 is 0. The van der Waals surface area contributed by atoms with Crippen molar-refractivity contribution in [2.75, 3.05) is 6.54 Å². The monoisotopic (exact) mass is 282 g/mol. The van der Waals surface area contributed by atoms with E-state index in [-0.39, 0.29) is 0 Å². The van der Waals surface area contributed by atoms with Gasteiger partial charge in [0.2, 0.25) is 0 Å². The fourth-order valence-electron chi connectivity index (χ4n) is 2.48. The lowest BCUT2D eigenvalue weighted by Crippen LogP contribution is -2.32. The van der Waals surface area contributed by atoms with E-state index < -0.39 is 0 Å². The molecule has 2 heteroatoms. The van der Waals surface area contributed by atoms with Gasteiger partial charge in [-0.05, 0) is 49.9 Å². The van der Waals surface area contributed by atoms with Gasteiger partial charge >= 0.3 is 0 Å². The largest absolute Gasteiger partial charge is 0.314 e. The fraction of sp³-hybridized carbons (Fsp3) is 0.421. The second kappa shape index (κ2) is 8.58. The van der Waals surface area contributed by atoms with Crippen molar-refractivity contribution in [3.63, 3.8) is 0 Å². The molecule has 0 aliphatic carbocycles. The number of hydrogen-bond donors (Lipinski definition) is 1. The highest BCUT2D eigenvalue weighted by Crippen LogP contribution is 2.09. The van der Waals surface area contributed by atoms with Crippen molar-refractivity contribution in [3.05, 3.63) is 65.5 Å². The molecule has 0 aliphatic heterocycles. The van der Waals surface area contributed by atoms with E-state index in [9.17, 15) is 0 Å². The summed E-state index contributed by atoms with van der Waals surface area (Å²) in [4.78, 5) is 4.54. The number of pyridine rings is 1. The summed E-state index contributed by atoms with van der Waals surface area (Å²) in [5, 5.41) is 3.66. The number of nitrogens with zero attached hydrogens (tertiary/aromatic N) is 1. The van der Waals surface area contributed by atoms with Crippen LogP contribution in [0, 0.1) is 6.92 Å². The Kier molecular flexibility index (Phi) is 6.42. The molecule has 0 radical (unpaired) electrons. The van der Waals surface area contributed by atoms with Crippen molar-refractivity contribution in [1.82, 2.24) is 10.3 Å². The Hall–Kier alpha value is -1.67. The van der Waals surface area contributed by atoms with Gasteiger partial charge in [-0.25, -0.2) is 0 Å². The second-order valence-electron chi connectivity index (χ2n) is 5.71. The van der Waals surface area contributed by atoms with E-state index in [0.29, 0.717) is 6.04 Å². The quantitative estimate of drug-likeness (QED) is 0.793. The molecule has 2 nitrogen and oxygen atoms in total. The minimum Gasteiger partial charge on any atom is -0.314 e. The van der Waals surface area contributed by atoms with E-state index in [2.05, 4.69) is 66.6 Å². The third kappa shape index (κ3) is 5.68. The first-order chi connectivity index (χ1) is 10.3. The van der Waals surface area contributed by atoms with Crippen LogP contribution in [0.1, 0.15) is 36.6 Å². The van der Waals surface area contributed by atoms with Gasteiger partial charge in [0.05, 0.1) is 0 Å². The second-order valence-corrected chi connectivity index (χ2v) is 5.71. The molecule has 0 aliphatic rings. The van der Waals surface area contributed by atoms with Gasteiger partial charge in [0.1, 0.15) is 0 Å². The molecule has 21 heavy (non-hydrogen) atoms. The Morgan fingerprint density at radius 3 is 2.57 bits per heavy atom. The van der Waals surface area contributed by atoms with Crippen LogP contribution >= 0.6 is 0 Å².